The molecule has 3 N–H and O–H groups in total. The van der Waals surface area contributed by atoms with Gasteiger partial charge in [0.2, 0.25) is 0 Å². The number of aliphatic hydroxyl groups excluding tert-OH is 2. The number of hydrogen-bond donors (Lipinski definition) is 3. The maximum Gasteiger partial charge on any atom is 0.122 e. The first kappa shape index (κ1) is 20.0. The summed E-state index contributed by atoms with van der Waals surface area (Å²) in [5.74, 6) is 0. The van der Waals surface area contributed by atoms with Crippen LogP contribution in [0.25, 0.3) is 0 Å². The predicted molar refractivity (Wildman–Crippen MR) is 75.1 cm³/mol. The van der Waals surface area contributed by atoms with Gasteiger partial charge < -0.3 is 19.8 Å². The number of unbranched alkanes of at least 4 members (excludes halogenated alkanes) is 4. The molecule has 0 bridgehead atoms. The van der Waals surface area contributed by atoms with E-state index < -0.39 is 0 Å². The van der Waals surface area contributed by atoms with Crippen molar-refractivity contribution in [3.63, 3.8) is 0 Å². The van der Waals surface area contributed by atoms with Gasteiger partial charge in [-0.3, -0.25) is 0 Å². The fourth-order valence-electron chi connectivity index (χ4n) is 1.04. The van der Waals surface area contributed by atoms with Gasteiger partial charge in [-0.15, -0.1) is 0 Å². The van der Waals surface area contributed by atoms with E-state index in [1.807, 2.05) is 12.2 Å². The molecule has 0 saturated heterocycles. The average molecular weight is 274 g/mol. The summed E-state index contributed by atoms with van der Waals surface area (Å²) in [6.45, 7) is 3.53. The van der Waals surface area contributed by atoms with Crippen molar-refractivity contribution >= 4 is 0 Å². The Morgan fingerprint density at radius 3 is 1.58 bits per heavy atom. The molecule has 0 spiro atoms. The Hall–Kier alpha value is -1.30. The van der Waals surface area contributed by atoms with Gasteiger partial charge in [-0.25, -0.2) is 5.26 Å². The number of rotatable bonds is 11. The summed E-state index contributed by atoms with van der Waals surface area (Å²) >= 11 is 0. The Labute approximate surface area is 115 Å². The molecule has 0 heterocycles. The molecule has 5 nitrogen and oxygen atoms in total. The van der Waals surface area contributed by atoms with Crippen LogP contribution in [0.5, 0.6) is 0 Å². The Bertz CT molecular complexity index is 196. The third kappa shape index (κ3) is 26.4. The van der Waals surface area contributed by atoms with Crippen LogP contribution in [0.3, 0.4) is 0 Å². The lowest BCUT2D eigenvalue weighted by Crippen LogP contribution is -1.81. The molecule has 112 valence electrons. The standard InChI is InChI=1S/C12H22O3.C2H4O2/c13-9-5-1-3-7-11-15-12-8-4-2-6-10-14;1-2-4-3/h7-8,11-14H,1-6,9-10H2;2-3H,1H2. The fraction of sp³-hybridized carbons (Fsp3) is 0.571. The molecule has 0 atom stereocenters. The quantitative estimate of drug-likeness (QED) is 0.234. The molecule has 5 heteroatoms. The van der Waals surface area contributed by atoms with Crippen LogP contribution >= 0.6 is 0 Å². The molecule has 0 aromatic rings. The van der Waals surface area contributed by atoms with Crippen molar-refractivity contribution in [1.29, 1.82) is 0 Å². The van der Waals surface area contributed by atoms with E-state index in [-0.39, 0.29) is 13.2 Å². The van der Waals surface area contributed by atoms with Crippen LogP contribution in [0.15, 0.2) is 37.5 Å². The third-order valence-corrected chi connectivity index (χ3v) is 1.98. The zero-order valence-electron chi connectivity index (χ0n) is 11.4. The highest BCUT2D eigenvalue weighted by Gasteiger charge is 1.83. The first-order valence-electron chi connectivity index (χ1n) is 6.41. The van der Waals surface area contributed by atoms with Crippen LogP contribution in [-0.2, 0) is 9.62 Å². The van der Waals surface area contributed by atoms with Crippen molar-refractivity contribution in [2.75, 3.05) is 13.2 Å². The Kier molecular flexibility index (Phi) is 23.1. The van der Waals surface area contributed by atoms with E-state index in [1.54, 1.807) is 12.5 Å². The van der Waals surface area contributed by atoms with Crippen LogP contribution in [0.1, 0.15) is 38.5 Å². The molecular formula is C14H26O5. The van der Waals surface area contributed by atoms with E-state index in [0.717, 1.165) is 44.8 Å². The van der Waals surface area contributed by atoms with Gasteiger partial charge in [-0.2, -0.15) is 0 Å². The monoisotopic (exact) mass is 274 g/mol. The number of allylic oxidation sites excluding steroid dienone is 2. The van der Waals surface area contributed by atoms with E-state index in [0.29, 0.717) is 0 Å². The zero-order valence-corrected chi connectivity index (χ0v) is 11.4. The summed E-state index contributed by atoms with van der Waals surface area (Å²) < 4.78 is 5.11. The number of ether oxygens (including phenoxy) is 1. The molecule has 0 aliphatic heterocycles. The summed E-state index contributed by atoms with van der Waals surface area (Å²) in [6, 6.07) is 0. The topological polar surface area (TPSA) is 79.2 Å². The second-order valence-electron chi connectivity index (χ2n) is 3.59. The predicted octanol–water partition coefficient (Wildman–Crippen LogP) is 2.98. The van der Waals surface area contributed by atoms with Crippen molar-refractivity contribution in [3.8, 4) is 0 Å². The summed E-state index contributed by atoms with van der Waals surface area (Å²) in [7, 11) is 0. The molecule has 0 radical (unpaired) electrons. The molecule has 19 heavy (non-hydrogen) atoms. The smallest absolute Gasteiger partial charge is 0.122 e. The van der Waals surface area contributed by atoms with Gasteiger partial charge >= 0.3 is 0 Å². The van der Waals surface area contributed by atoms with Gasteiger partial charge in [0, 0.05) is 13.2 Å². The lowest BCUT2D eigenvalue weighted by Gasteiger charge is -1.93. The minimum atomic E-state index is 0.263. The summed E-state index contributed by atoms with van der Waals surface area (Å²) in [6.07, 6.45) is 13.7. The van der Waals surface area contributed by atoms with Crippen molar-refractivity contribution in [1.82, 2.24) is 0 Å². The van der Waals surface area contributed by atoms with E-state index >= 15 is 0 Å². The molecule has 0 aromatic heterocycles. The molecular weight excluding hydrogens is 248 g/mol. The first-order chi connectivity index (χ1) is 9.33. The van der Waals surface area contributed by atoms with Crippen LogP contribution in [0, 0.1) is 0 Å². The van der Waals surface area contributed by atoms with Crippen molar-refractivity contribution < 1.29 is 25.1 Å². The highest BCUT2D eigenvalue weighted by Crippen LogP contribution is 1.97. The second-order valence-corrected chi connectivity index (χ2v) is 3.59. The van der Waals surface area contributed by atoms with E-state index in [1.165, 1.54) is 0 Å². The van der Waals surface area contributed by atoms with E-state index in [2.05, 4.69) is 11.5 Å². The fourth-order valence-corrected chi connectivity index (χ4v) is 1.04. The average Bonchev–Trinajstić information content (AvgIpc) is 2.45. The van der Waals surface area contributed by atoms with Crippen LogP contribution in [0.2, 0.25) is 0 Å². The molecule has 0 aliphatic carbocycles. The molecule has 0 aromatic carbocycles. The lowest BCUT2D eigenvalue weighted by atomic mass is 10.2. The summed E-state index contributed by atoms with van der Waals surface area (Å²) in [5, 5.41) is 24.3. The molecule has 0 unspecified atom stereocenters. The Balaban J connectivity index is 0. The van der Waals surface area contributed by atoms with Gasteiger partial charge in [0.15, 0.2) is 0 Å². The summed E-state index contributed by atoms with van der Waals surface area (Å²) in [5.41, 5.74) is 0. The number of hydrogen-bond acceptors (Lipinski definition) is 5. The molecule has 0 rings (SSSR count). The van der Waals surface area contributed by atoms with Gasteiger partial charge in [-0.1, -0.05) is 6.58 Å². The van der Waals surface area contributed by atoms with Gasteiger partial charge in [0.1, 0.15) is 6.26 Å². The summed E-state index contributed by atoms with van der Waals surface area (Å²) in [4.78, 5) is 3.31. The lowest BCUT2D eigenvalue weighted by molar-refractivity contribution is -0.186. The zero-order chi connectivity index (χ0) is 14.6. The largest absolute Gasteiger partial charge is 0.473 e. The normalized spacial score (nSPS) is 10.3. The van der Waals surface area contributed by atoms with Gasteiger partial charge in [0.05, 0.1) is 12.5 Å². The number of aliphatic hydroxyl groups is 2. The van der Waals surface area contributed by atoms with Gasteiger partial charge in [-0.05, 0) is 50.7 Å². The van der Waals surface area contributed by atoms with Crippen LogP contribution in [-0.4, -0.2) is 28.7 Å². The molecule has 0 amide bonds. The highest BCUT2D eigenvalue weighted by molar-refractivity contribution is 4.79. The second kappa shape index (κ2) is 21.9. The first-order valence-corrected chi connectivity index (χ1v) is 6.41. The van der Waals surface area contributed by atoms with Gasteiger partial charge in [0.25, 0.3) is 0 Å². The maximum atomic E-state index is 8.53. The molecule has 0 saturated carbocycles. The molecule has 0 fully saturated rings. The van der Waals surface area contributed by atoms with Crippen molar-refractivity contribution in [2.45, 2.75) is 38.5 Å². The highest BCUT2D eigenvalue weighted by atomic mass is 17.1. The minimum Gasteiger partial charge on any atom is -0.473 e. The SMILES string of the molecule is C=COO.OCCCCC=COC=CCCCCO. The molecule has 0 aliphatic rings. The van der Waals surface area contributed by atoms with Crippen molar-refractivity contribution in [2.24, 2.45) is 0 Å². The Morgan fingerprint density at radius 2 is 1.26 bits per heavy atom. The minimum absolute atomic E-state index is 0.263. The van der Waals surface area contributed by atoms with Crippen LogP contribution < -0.4 is 0 Å². The van der Waals surface area contributed by atoms with E-state index in [4.69, 9.17) is 20.2 Å². The Morgan fingerprint density at radius 1 is 0.842 bits per heavy atom. The van der Waals surface area contributed by atoms with E-state index in [9.17, 15) is 0 Å². The van der Waals surface area contributed by atoms with Crippen LogP contribution in [0.4, 0.5) is 0 Å². The van der Waals surface area contributed by atoms with Crippen molar-refractivity contribution in [3.05, 3.63) is 37.5 Å². The third-order valence-electron chi connectivity index (χ3n) is 1.98. The maximum absolute atomic E-state index is 8.53.